The topological polar surface area (TPSA) is 49.6 Å². The first kappa shape index (κ1) is 15.9. The van der Waals surface area contributed by atoms with Crippen LogP contribution in [0.3, 0.4) is 0 Å². The molecule has 2 rings (SSSR count). The van der Waals surface area contributed by atoms with Crippen LogP contribution in [0, 0.1) is 5.82 Å². The third kappa shape index (κ3) is 4.51. The van der Waals surface area contributed by atoms with Gasteiger partial charge in [0, 0.05) is 38.6 Å². The second kappa shape index (κ2) is 7.52. The van der Waals surface area contributed by atoms with Crippen molar-refractivity contribution in [2.45, 2.75) is 31.8 Å². The standard InChI is InChI=1S/C16H24FN3O/c1-19(12-13-4-6-14(17)7-5-13)15(11-18)10-16(21)20-8-2-3-9-20/h4-7,15H,2-3,8-12,18H2,1H3. The lowest BCUT2D eigenvalue weighted by molar-refractivity contribution is -0.131. The Bertz CT molecular complexity index is 457. The molecule has 1 aromatic carbocycles. The van der Waals surface area contributed by atoms with Crippen molar-refractivity contribution in [3.63, 3.8) is 0 Å². The highest BCUT2D eigenvalue weighted by atomic mass is 19.1. The summed E-state index contributed by atoms with van der Waals surface area (Å²) in [6.45, 7) is 2.85. The molecule has 0 aromatic heterocycles. The molecule has 1 saturated heterocycles. The molecule has 0 spiro atoms. The number of amides is 1. The number of hydrogen-bond acceptors (Lipinski definition) is 3. The van der Waals surface area contributed by atoms with Gasteiger partial charge in [-0.25, -0.2) is 4.39 Å². The number of halogens is 1. The number of rotatable bonds is 6. The Morgan fingerprint density at radius 3 is 2.52 bits per heavy atom. The first-order chi connectivity index (χ1) is 10.1. The van der Waals surface area contributed by atoms with Crippen molar-refractivity contribution < 1.29 is 9.18 Å². The van der Waals surface area contributed by atoms with Crippen LogP contribution in [0.5, 0.6) is 0 Å². The Kier molecular flexibility index (Phi) is 5.70. The molecule has 1 fully saturated rings. The minimum Gasteiger partial charge on any atom is -0.343 e. The van der Waals surface area contributed by atoms with Crippen LogP contribution >= 0.6 is 0 Å². The molecule has 1 atom stereocenters. The Hall–Kier alpha value is -1.46. The molecule has 0 bridgehead atoms. The Balaban J connectivity index is 1.89. The van der Waals surface area contributed by atoms with Crippen molar-refractivity contribution in [2.75, 3.05) is 26.7 Å². The molecule has 4 nitrogen and oxygen atoms in total. The normalized spacial score (nSPS) is 16.5. The lowest BCUT2D eigenvalue weighted by Crippen LogP contribution is -2.42. The third-order valence-electron chi connectivity index (χ3n) is 4.11. The number of nitrogens with zero attached hydrogens (tertiary/aromatic N) is 2. The zero-order chi connectivity index (χ0) is 15.2. The van der Waals surface area contributed by atoms with Crippen molar-refractivity contribution in [1.29, 1.82) is 0 Å². The van der Waals surface area contributed by atoms with Crippen LogP contribution in [-0.2, 0) is 11.3 Å². The van der Waals surface area contributed by atoms with E-state index in [2.05, 4.69) is 4.90 Å². The summed E-state index contributed by atoms with van der Waals surface area (Å²) in [6, 6.07) is 6.46. The second-order valence-corrected chi connectivity index (χ2v) is 5.72. The van der Waals surface area contributed by atoms with Gasteiger partial charge in [0.15, 0.2) is 0 Å². The summed E-state index contributed by atoms with van der Waals surface area (Å²) in [7, 11) is 1.96. The zero-order valence-corrected chi connectivity index (χ0v) is 12.6. The monoisotopic (exact) mass is 293 g/mol. The Morgan fingerprint density at radius 1 is 1.33 bits per heavy atom. The van der Waals surface area contributed by atoms with E-state index < -0.39 is 0 Å². The average Bonchev–Trinajstić information content (AvgIpc) is 3.01. The van der Waals surface area contributed by atoms with Gasteiger partial charge >= 0.3 is 0 Å². The van der Waals surface area contributed by atoms with Crippen LogP contribution < -0.4 is 5.73 Å². The molecule has 0 aliphatic carbocycles. The molecule has 1 unspecified atom stereocenters. The fourth-order valence-electron chi connectivity index (χ4n) is 2.72. The molecule has 1 aromatic rings. The first-order valence-corrected chi connectivity index (χ1v) is 7.52. The maximum Gasteiger partial charge on any atom is 0.224 e. The summed E-state index contributed by atoms with van der Waals surface area (Å²) >= 11 is 0. The van der Waals surface area contributed by atoms with E-state index in [0.29, 0.717) is 19.5 Å². The van der Waals surface area contributed by atoms with Crippen LogP contribution in [0.2, 0.25) is 0 Å². The van der Waals surface area contributed by atoms with Gasteiger partial charge in [-0.3, -0.25) is 9.69 Å². The smallest absolute Gasteiger partial charge is 0.224 e. The molecular weight excluding hydrogens is 269 g/mol. The van der Waals surface area contributed by atoms with Crippen molar-refractivity contribution in [3.05, 3.63) is 35.6 Å². The summed E-state index contributed by atoms with van der Waals surface area (Å²) in [5.74, 6) is -0.0464. The first-order valence-electron chi connectivity index (χ1n) is 7.52. The second-order valence-electron chi connectivity index (χ2n) is 5.72. The van der Waals surface area contributed by atoms with Gasteiger partial charge in [0.1, 0.15) is 5.82 Å². The summed E-state index contributed by atoms with van der Waals surface area (Å²) in [4.78, 5) is 16.2. The SMILES string of the molecule is CN(Cc1ccc(F)cc1)C(CN)CC(=O)N1CCCC1. The predicted octanol–water partition coefficient (Wildman–Crippen LogP) is 1.60. The molecule has 1 aliphatic heterocycles. The molecule has 21 heavy (non-hydrogen) atoms. The van der Waals surface area contributed by atoms with Crippen molar-refractivity contribution >= 4 is 5.91 Å². The van der Waals surface area contributed by atoms with Crippen LogP contribution in [0.25, 0.3) is 0 Å². The van der Waals surface area contributed by atoms with E-state index in [9.17, 15) is 9.18 Å². The van der Waals surface area contributed by atoms with Gasteiger partial charge in [-0.2, -0.15) is 0 Å². The maximum absolute atomic E-state index is 12.9. The molecule has 116 valence electrons. The highest BCUT2D eigenvalue weighted by Gasteiger charge is 2.23. The summed E-state index contributed by atoms with van der Waals surface area (Å²) < 4.78 is 12.9. The van der Waals surface area contributed by atoms with Crippen LogP contribution in [0.1, 0.15) is 24.8 Å². The molecule has 1 aliphatic rings. The summed E-state index contributed by atoms with van der Waals surface area (Å²) in [5.41, 5.74) is 6.85. The lowest BCUT2D eigenvalue weighted by Gasteiger charge is -2.28. The Morgan fingerprint density at radius 2 is 1.95 bits per heavy atom. The lowest BCUT2D eigenvalue weighted by atomic mass is 10.1. The van der Waals surface area contributed by atoms with Crippen molar-refractivity contribution in [2.24, 2.45) is 5.73 Å². The highest BCUT2D eigenvalue weighted by molar-refractivity contribution is 5.77. The molecule has 0 radical (unpaired) electrons. The van der Waals surface area contributed by atoms with Crippen molar-refractivity contribution in [1.82, 2.24) is 9.80 Å². The number of carbonyl (C=O) groups excluding carboxylic acids is 1. The fourth-order valence-corrected chi connectivity index (χ4v) is 2.72. The number of benzene rings is 1. The third-order valence-corrected chi connectivity index (χ3v) is 4.11. The van der Waals surface area contributed by atoms with Gasteiger partial charge in [-0.15, -0.1) is 0 Å². The quantitative estimate of drug-likeness (QED) is 0.866. The molecule has 2 N–H and O–H groups in total. The maximum atomic E-state index is 12.9. The van der Waals surface area contributed by atoms with Gasteiger partial charge in [0.2, 0.25) is 5.91 Å². The van der Waals surface area contributed by atoms with E-state index in [-0.39, 0.29) is 17.8 Å². The van der Waals surface area contributed by atoms with Gasteiger partial charge in [-0.1, -0.05) is 12.1 Å². The number of likely N-dealkylation sites (tertiary alicyclic amines) is 1. The molecule has 0 saturated carbocycles. The molecule has 1 amide bonds. The van der Waals surface area contributed by atoms with E-state index in [1.807, 2.05) is 11.9 Å². The van der Waals surface area contributed by atoms with Crippen molar-refractivity contribution in [3.8, 4) is 0 Å². The van der Waals surface area contributed by atoms with Crippen LogP contribution in [0.15, 0.2) is 24.3 Å². The zero-order valence-electron chi connectivity index (χ0n) is 12.6. The van der Waals surface area contributed by atoms with E-state index >= 15 is 0 Å². The van der Waals surface area contributed by atoms with Crippen LogP contribution in [0.4, 0.5) is 4.39 Å². The largest absolute Gasteiger partial charge is 0.343 e. The van der Waals surface area contributed by atoms with Crippen LogP contribution in [-0.4, -0.2) is 48.4 Å². The molecule has 5 heteroatoms. The summed E-state index contributed by atoms with van der Waals surface area (Å²) in [5, 5.41) is 0. The molecular formula is C16H24FN3O. The minimum atomic E-state index is -0.235. The number of likely N-dealkylation sites (N-methyl/N-ethyl adjacent to an activating group) is 1. The van der Waals surface area contributed by atoms with E-state index in [1.165, 1.54) is 12.1 Å². The Labute approximate surface area is 125 Å². The fraction of sp³-hybridized carbons (Fsp3) is 0.562. The van der Waals surface area contributed by atoms with Gasteiger partial charge in [0.25, 0.3) is 0 Å². The van der Waals surface area contributed by atoms with E-state index in [1.54, 1.807) is 12.1 Å². The minimum absolute atomic E-state index is 0.0168. The average molecular weight is 293 g/mol. The number of hydrogen-bond donors (Lipinski definition) is 1. The highest BCUT2D eigenvalue weighted by Crippen LogP contribution is 2.13. The van der Waals surface area contributed by atoms with E-state index in [0.717, 1.165) is 31.5 Å². The summed E-state index contributed by atoms with van der Waals surface area (Å²) in [6.07, 6.45) is 2.66. The number of carbonyl (C=O) groups is 1. The van der Waals surface area contributed by atoms with Gasteiger partial charge in [-0.05, 0) is 37.6 Å². The predicted molar refractivity (Wildman–Crippen MR) is 81.1 cm³/mol. The van der Waals surface area contributed by atoms with E-state index in [4.69, 9.17) is 5.73 Å². The van der Waals surface area contributed by atoms with Gasteiger partial charge < -0.3 is 10.6 Å². The number of nitrogens with two attached hydrogens (primary N) is 1. The van der Waals surface area contributed by atoms with Gasteiger partial charge in [0.05, 0.1) is 0 Å². The molecule has 1 heterocycles.